The normalized spacial score (nSPS) is 17.6. The Hall–Kier alpha value is -1.08. The van der Waals surface area contributed by atoms with Gasteiger partial charge in [0, 0.05) is 38.6 Å². The lowest BCUT2D eigenvalue weighted by molar-refractivity contribution is 0.135. The molecule has 3 nitrogen and oxygen atoms in total. The van der Waals surface area contributed by atoms with E-state index in [1.807, 2.05) is 13.0 Å². The molecule has 24 heavy (non-hydrogen) atoms. The molecule has 132 valence electrons. The second-order valence-electron chi connectivity index (χ2n) is 6.81. The van der Waals surface area contributed by atoms with Gasteiger partial charge in [0.1, 0.15) is 0 Å². The Labute approximate surface area is 152 Å². The lowest BCUT2D eigenvalue weighted by Crippen LogP contribution is -2.47. The number of piperazine rings is 1. The highest BCUT2D eigenvalue weighted by molar-refractivity contribution is 6.18. The van der Waals surface area contributed by atoms with Crippen molar-refractivity contribution >= 4 is 11.6 Å². The molecular weight excluding hydrogens is 318 g/mol. The first-order valence-electron chi connectivity index (χ1n) is 9.19. The summed E-state index contributed by atoms with van der Waals surface area (Å²) >= 11 is 5.82. The molecule has 1 atom stereocenters. The minimum absolute atomic E-state index is 0.606. The summed E-state index contributed by atoms with van der Waals surface area (Å²) in [4.78, 5) is 5.04. The molecule has 1 aliphatic rings. The summed E-state index contributed by atoms with van der Waals surface area (Å²) < 4.78 is 0. The highest BCUT2D eigenvalue weighted by atomic mass is 35.5. The van der Waals surface area contributed by atoms with E-state index in [9.17, 15) is 0 Å². The molecule has 0 amide bonds. The van der Waals surface area contributed by atoms with Crippen molar-refractivity contribution in [3.8, 4) is 6.07 Å². The minimum Gasteiger partial charge on any atom is -0.301 e. The van der Waals surface area contributed by atoms with E-state index in [4.69, 9.17) is 16.9 Å². The summed E-state index contributed by atoms with van der Waals surface area (Å²) in [5, 5.41) is 9.08. The van der Waals surface area contributed by atoms with Crippen LogP contribution < -0.4 is 0 Å². The molecule has 0 spiro atoms. The number of hydrogen-bond donors (Lipinski definition) is 0. The van der Waals surface area contributed by atoms with E-state index in [1.54, 1.807) is 0 Å². The van der Waals surface area contributed by atoms with Gasteiger partial charge in [0.15, 0.2) is 0 Å². The van der Waals surface area contributed by atoms with E-state index in [0.29, 0.717) is 5.92 Å². The van der Waals surface area contributed by atoms with Crippen LogP contribution in [-0.4, -0.2) is 54.9 Å². The van der Waals surface area contributed by atoms with Gasteiger partial charge in [-0.05, 0) is 55.8 Å². The van der Waals surface area contributed by atoms with Crippen LogP contribution in [0.2, 0.25) is 0 Å². The van der Waals surface area contributed by atoms with E-state index >= 15 is 0 Å². The maximum atomic E-state index is 9.08. The van der Waals surface area contributed by atoms with Gasteiger partial charge in [-0.15, -0.1) is 11.6 Å². The Kier molecular flexibility index (Phi) is 8.05. The molecule has 0 N–H and O–H groups in total. The molecule has 4 heteroatoms. The summed E-state index contributed by atoms with van der Waals surface area (Å²) in [6.07, 6.45) is 3.63. The number of hydrogen-bond acceptors (Lipinski definition) is 3. The number of aryl methyl sites for hydroxylation is 1. The molecule has 1 saturated heterocycles. The fraction of sp³-hybridized carbons (Fsp3) is 0.650. The van der Waals surface area contributed by atoms with Crippen LogP contribution in [0.25, 0.3) is 0 Å². The van der Waals surface area contributed by atoms with Gasteiger partial charge in [0.25, 0.3) is 0 Å². The van der Waals surface area contributed by atoms with Gasteiger partial charge >= 0.3 is 0 Å². The molecule has 1 fully saturated rings. The number of benzene rings is 1. The van der Waals surface area contributed by atoms with Gasteiger partial charge in [-0.2, -0.15) is 5.26 Å². The standard InChI is InChI=1S/C20H30ClN3/c1-3-18(19-6-7-20(16-22)17(2)15-19)5-4-9-23-11-13-24(10-8-21)14-12-23/h6-7,15,18H,3-5,8-14H2,1-2H3. The van der Waals surface area contributed by atoms with Crippen LogP contribution in [0.15, 0.2) is 18.2 Å². The van der Waals surface area contributed by atoms with Crippen molar-refractivity contribution in [1.29, 1.82) is 5.26 Å². The second kappa shape index (κ2) is 10.0. The zero-order valence-corrected chi connectivity index (χ0v) is 15.9. The Balaban J connectivity index is 1.78. The second-order valence-corrected chi connectivity index (χ2v) is 7.18. The van der Waals surface area contributed by atoms with Crippen LogP contribution >= 0.6 is 11.6 Å². The van der Waals surface area contributed by atoms with Gasteiger partial charge in [-0.25, -0.2) is 0 Å². The quantitative estimate of drug-likeness (QED) is 0.666. The van der Waals surface area contributed by atoms with Gasteiger partial charge in [0.2, 0.25) is 0 Å². The number of nitriles is 1. The lowest BCUT2D eigenvalue weighted by atomic mass is 9.90. The predicted octanol–water partition coefficient (Wildman–Crippen LogP) is 4.00. The number of halogens is 1. The molecular formula is C20H30ClN3. The molecule has 1 aliphatic heterocycles. The molecule has 0 aliphatic carbocycles. The van der Waals surface area contributed by atoms with Crippen molar-refractivity contribution in [2.75, 3.05) is 45.1 Å². The zero-order chi connectivity index (χ0) is 17.4. The largest absolute Gasteiger partial charge is 0.301 e. The molecule has 1 aromatic carbocycles. The van der Waals surface area contributed by atoms with E-state index < -0.39 is 0 Å². The molecule has 0 bridgehead atoms. The van der Waals surface area contributed by atoms with Crippen molar-refractivity contribution in [2.45, 2.75) is 39.0 Å². The highest BCUT2D eigenvalue weighted by Gasteiger charge is 2.17. The van der Waals surface area contributed by atoms with Crippen LogP contribution in [0.4, 0.5) is 0 Å². The number of rotatable bonds is 8. The minimum atomic E-state index is 0.606. The Morgan fingerprint density at radius 1 is 1.17 bits per heavy atom. The van der Waals surface area contributed by atoms with Gasteiger partial charge < -0.3 is 4.90 Å². The molecule has 1 aromatic rings. The monoisotopic (exact) mass is 347 g/mol. The zero-order valence-electron chi connectivity index (χ0n) is 15.1. The third kappa shape index (κ3) is 5.48. The first-order chi connectivity index (χ1) is 11.7. The van der Waals surface area contributed by atoms with Crippen molar-refractivity contribution in [3.05, 3.63) is 34.9 Å². The van der Waals surface area contributed by atoms with Gasteiger partial charge in [-0.1, -0.05) is 19.1 Å². The van der Waals surface area contributed by atoms with Crippen LogP contribution in [0.1, 0.15) is 48.8 Å². The average Bonchev–Trinajstić information content (AvgIpc) is 2.60. The molecule has 0 saturated carbocycles. The van der Waals surface area contributed by atoms with Crippen LogP contribution in [0, 0.1) is 18.3 Å². The van der Waals surface area contributed by atoms with Gasteiger partial charge in [0.05, 0.1) is 11.6 Å². The smallest absolute Gasteiger partial charge is 0.0994 e. The fourth-order valence-electron chi connectivity index (χ4n) is 3.59. The SMILES string of the molecule is CCC(CCCN1CCN(CCCl)CC1)c1ccc(C#N)c(C)c1. The van der Waals surface area contributed by atoms with E-state index in [-0.39, 0.29) is 0 Å². The molecule has 0 radical (unpaired) electrons. The number of nitrogens with zero attached hydrogens (tertiary/aromatic N) is 3. The topological polar surface area (TPSA) is 30.3 Å². The predicted molar refractivity (Wildman–Crippen MR) is 102 cm³/mol. The summed E-state index contributed by atoms with van der Waals surface area (Å²) in [6, 6.07) is 8.58. The average molecular weight is 348 g/mol. The highest BCUT2D eigenvalue weighted by Crippen LogP contribution is 2.26. The van der Waals surface area contributed by atoms with Crippen molar-refractivity contribution in [1.82, 2.24) is 9.80 Å². The summed E-state index contributed by atoms with van der Waals surface area (Å²) in [6.45, 7) is 11.2. The van der Waals surface area contributed by atoms with Gasteiger partial charge in [-0.3, -0.25) is 4.90 Å². The summed E-state index contributed by atoms with van der Waals surface area (Å²) in [5.74, 6) is 1.34. The summed E-state index contributed by atoms with van der Waals surface area (Å²) in [5.41, 5.74) is 3.29. The third-order valence-electron chi connectivity index (χ3n) is 5.23. The summed E-state index contributed by atoms with van der Waals surface area (Å²) in [7, 11) is 0. The Morgan fingerprint density at radius 3 is 2.38 bits per heavy atom. The van der Waals surface area contributed by atoms with Crippen molar-refractivity contribution < 1.29 is 0 Å². The molecule has 0 aromatic heterocycles. The number of alkyl halides is 1. The van der Waals surface area contributed by atoms with Crippen LogP contribution in [0.5, 0.6) is 0 Å². The van der Waals surface area contributed by atoms with Crippen LogP contribution in [-0.2, 0) is 0 Å². The van der Waals surface area contributed by atoms with E-state index in [0.717, 1.165) is 43.1 Å². The maximum absolute atomic E-state index is 9.08. The van der Waals surface area contributed by atoms with E-state index in [1.165, 1.54) is 38.0 Å². The first kappa shape index (κ1) is 19.2. The molecule has 2 rings (SSSR count). The molecule has 1 unspecified atom stereocenters. The van der Waals surface area contributed by atoms with Crippen molar-refractivity contribution in [2.24, 2.45) is 0 Å². The lowest BCUT2D eigenvalue weighted by Gasteiger charge is -2.34. The fourth-order valence-corrected chi connectivity index (χ4v) is 3.83. The molecule has 1 heterocycles. The third-order valence-corrected chi connectivity index (χ3v) is 5.40. The Bertz CT molecular complexity index is 544. The first-order valence-corrected chi connectivity index (χ1v) is 9.72. The van der Waals surface area contributed by atoms with E-state index in [2.05, 4.69) is 34.9 Å². The maximum Gasteiger partial charge on any atom is 0.0994 e. The Morgan fingerprint density at radius 2 is 1.83 bits per heavy atom. The van der Waals surface area contributed by atoms with Crippen LogP contribution in [0.3, 0.4) is 0 Å². The van der Waals surface area contributed by atoms with Crippen molar-refractivity contribution in [3.63, 3.8) is 0 Å².